The zero-order valence-corrected chi connectivity index (χ0v) is 14.4. The Morgan fingerprint density at radius 2 is 1.59 bits per heavy atom. The lowest BCUT2D eigenvalue weighted by molar-refractivity contribution is 0.584. The van der Waals surface area contributed by atoms with Crippen molar-refractivity contribution in [2.75, 3.05) is 0 Å². The number of nitrogens with zero attached hydrogens (tertiary/aromatic N) is 1. The van der Waals surface area contributed by atoms with Crippen LogP contribution in [0.2, 0.25) is 10.0 Å². The molecule has 0 heterocycles. The fourth-order valence-corrected chi connectivity index (χ4v) is 3.40. The Labute approximate surface area is 143 Å². The van der Waals surface area contributed by atoms with E-state index in [9.17, 15) is 8.42 Å². The van der Waals surface area contributed by atoms with Crippen molar-refractivity contribution in [2.24, 2.45) is 5.10 Å². The SMILES string of the molecule is Cc1ccc(S(=O)(=O)NN=C(Cl)c2c(Cl)cccc2Cl)cc1. The molecule has 0 bridgehead atoms. The highest BCUT2D eigenvalue weighted by molar-refractivity contribution is 7.89. The molecule has 0 aliphatic rings. The molecule has 0 radical (unpaired) electrons. The molecule has 0 saturated heterocycles. The Morgan fingerprint density at radius 1 is 1.05 bits per heavy atom. The molecular formula is C14H11Cl3N2O2S. The van der Waals surface area contributed by atoms with E-state index >= 15 is 0 Å². The van der Waals surface area contributed by atoms with Gasteiger partial charge >= 0.3 is 0 Å². The highest BCUT2D eigenvalue weighted by Crippen LogP contribution is 2.26. The van der Waals surface area contributed by atoms with E-state index in [1.54, 1.807) is 30.3 Å². The average Bonchev–Trinajstić information content (AvgIpc) is 2.45. The van der Waals surface area contributed by atoms with Gasteiger partial charge in [-0.3, -0.25) is 0 Å². The Balaban J connectivity index is 2.29. The van der Waals surface area contributed by atoms with Gasteiger partial charge in [-0.2, -0.15) is 18.4 Å². The van der Waals surface area contributed by atoms with Crippen LogP contribution in [0.5, 0.6) is 0 Å². The van der Waals surface area contributed by atoms with Crippen LogP contribution in [0.4, 0.5) is 0 Å². The molecule has 0 aromatic heterocycles. The first-order valence-corrected chi connectivity index (χ1v) is 8.69. The third-order valence-corrected chi connectivity index (χ3v) is 4.89. The molecule has 0 amide bonds. The zero-order chi connectivity index (χ0) is 16.3. The third kappa shape index (κ3) is 3.93. The van der Waals surface area contributed by atoms with Gasteiger partial charge in [0.05, 0.1) is 20.5 Å². The molecule has 1 N–H and O–H groups in total. The van der Waals surface area contributed by atoms with E-state index in [4.69, 9.17) is 34.8 Å². The summed E-state index contributed by atoms with van der Waals surface area (Å²) < 4.78 is 24.2. The van der Waals surface area contributed by atoms with Crippen molar-refractivity contribution >= 4 is 50.0 Å². The number of aryl methyl sites for hydroxylation is 1. The second-order valence-electron chi connectivity index (χ2n) is 4.41. The largest absolute Gasteiger partial charge is 0.276 e. The summed E-state index contributed by atoms with van der Waals surface area (Å²) >= 11 is 18.0. The van der Waals surface area contributed by atoms with Crippen LogP contribution in [0.25, 0.3) is 0 Å². The quantitative estimate of drug-likeness (QED) is 0.642. The molecule has 2 rings (SSSR count). The number of sulfonamides is 1. The minimum Gasteiger partial charge on any atom is -0.200 e. The number of rotatable bonds is 4. The van der Waals surface area contributed by atoms with E-state index in [-0.39, 0.29) is 25.7 Å². The third-order valence-electron chi connectivity index (χ3n) is 2.76. The summed E-state index contributed by atoms with van der Waals surface area (Å²) in [4.78, 5) is 2.14. The van der Waals surface area contributed by atoms with Gasteiger partial charge in [0.15, 0.2) is 5.17 Å². The van der Waals surface area contributed by atoms with Crippen molar-refractivity contribution < 1.29 is 8.42 Å². The lowest BCUT2D eigenvalue weighted by Crippen LogP contribution is -2.19. The maximum atomic E-state index is 12.1. The molecule has 22 heavy (non-hydrogen) atoms. The molecule has 2 aromatic rings. The first kappa shape index (κ1) is 17.1. The van der Waals surface area contributed by atoms with E-state index in [0.29, 0.717) is 0 Å². The van der Waals surface area contributed by atoms with Gasteiger partial charge in [0.25, 0.3) is 10.0 Å². The summed E-state index contributed by atoms with van der Waals surface area (Å²) in [5, 5.41) is 4.06. The number of hydrazone groups is 1. The predicted octanol–water partition coefficient (Wildman–Crippen LogP) is 4.18. The van der Waals surface area contributed by atoms with E-state index in [1.807, 2.05) is 6.92 Å². The maximum absolute atomic E-state index is 12.1. The van der Waals surface area contributed by atoms with E-state index in [0.717, 1.165) is 5.56 Å². The van der Waals surface area contributed by atoms with Crippen molar-refractivity contribution in [1.82, 2.24) is 4.83 Å². The molecule has 0 fully saturated rings. The van der Waals surface area contributed by atoms with Crippen LogP contribution in [-0.2, 0) is 10.0 Å². The first-order chi connectivity index (χ1) is 10.3. The number of hydrogen-bond acceptors (Lipinski definition) is 3. The van der Waals surface area contributed by atoms with Crippen molar-refractivity contribution in [1.29, 1.82) is 0 Å². The fourth-order valence-electron chi connectivity index (χ4n) is 1.62. The molecule has 0 atom stereocenters. The molecule has 0 spiro atoms. The summed E-state index contributed by atoms with van der Waals surface area (Å²) in [5.41, 5.74) is 1.21. The van der Waals surface area contributed by atoms with Gasteiger partial charge in [0.1, 0.15) is 0 Å². The monoisotopic (exact) mass is 376 g/mol. The molecule has 116 valence electrons. The van der Waals surface area contributed by atoms with Gasteiger partial charge in [-0.05, 0) is 31.2 Å². The van der Waals surface area contributed by atoms with Crippen molar-refractivity contribution in [3.63, 3.8) is 0 Å². The first-order valence-electron chi connectivity index (χ1n) is 6.07. The van der Waals surface area contributed by atoms with E-state index in [2.05, 4.69) is 9.93 Å². The predicted molar refractivity (Wildman–Crippen MR) is 90.4 cm³/mol. The molecule has 0 unspecified atom stereocenters. The van der Waals surface area contributed by atoms with Crippen LogP contribution < -0.4 is 4.83 Å². The normalized spacial score (nSPS) is 12.3. The molecule has 0 aliphatic heterocycles. The minimum atomic E-state index is -3.81. The molecule has 8 heteroatoms. The Hall–Kier alpha value is -1.27. The number of benzene rings is 2. The second kappa shape index (κ2) is 6.87. The smallest absolute Gasteiger partial charge is 0.200 e. The molecule has 0 aliphatic carbocycles. The molecule has 0 saturated carbocycles. The lowest BCUT2D eigenvalue weighted by atomic mass is 10.2. The van der Waals surface area contributed by atoms with Gasteiger partial charge in [0, 0.05) is 0 Å². The Morgan fingerprint density at radius 3 is 2.14 bits per heavy atom. The van der Waals surface area contributed by atoms with Crippen LogP contribution in [0.15, 0.2) is 52.5 Å². The van der Waals surface area contributed by atoms with E-state index in [1.165, 1.54) is 12.1 Å². The summed E-state index contributed by atoms with van der Waals surface area (Å²) in [6.07, 6.45) is 0. The van der Waals surface area contributed by atoms with Gasteiger partial charge < -0.3 is 0 Å². The summed E-state index contributed by atoms with van der Waals surface area (Å²) in [5.74, 6) is 0. The zero-order valence-electron chi connectivity index (χ0n) is 11.3. The minimum absolute atomic E-state index is 0.0802. The van der Waals surface area contributed by atoms with Crippen LogP contribution >= 0.6 is 34.8 Å². The Kier molecular flexibility index (Phi) is 5.34. The van der Waals surface area contributed by atoms with Gasteiger partial charge in [0.2, 0.25) is 0 Å². The van der Waals surface area contributed by atoms with Crippen molar-refractivity contribution in [3.05, 3.63) is 63.6 Å². The van der Waals surface area contributed by atoms with Crippen LogP contribution in [0, 0.1) is 6.92 Å². The highest BCUT2D eigenvalue weighted by Gasteiger charge is 2.15. The summed E-state index contributed by atoms with van der Waals surface area (Å²) in [6, 6.07) is 11.1. The van der Waals surface area contributed by atoms with Crippen LogP contribution in [0.3, 0.4) is 0 Å². The average molecular weight is 378 g/mol. The highest BCUT2D eigenvalue weighted by atomic mass is 35.5. The maximum Gasteiger partial charge on any atom is 0.276 e. The molecule has 2 aromatic carbocycles. The van der Waals surface area contributed by atoms with Gasteiger partial charge in [-0.15, -0.1) is 0 Å². The van der Waals surface area contributed by atoms with Crippen LogP contribution in [0.1, 0.15) is 11.1 Å². The lowest BCUT2D eigenvalue weighted by Gasteiger charge is -2.07. The van der Waals surface area contributed by atoms with Crippen molar-refractivity contribution in [2.45, 2.75) is 11.8 Å². The van der Waals surface area contributed by atoms with Crippen molar-refractivity contribution in [3.8, 4) is 0 Å². The second-order valence-corrected chi connectivity index (χ2v) is 7.24. The number of nitrogens with one attached hydrogen (secondary N) is 1. The topological polar surface area (TPSA) is 58.5 Å². The van der Waals surface area contributed by atoms with E-state index < -0.39 is 10.0 Å². The van der Waals surface area contributed by atoms with Gasteiger partial charge in [-0.1, -0.05) is 58.6 Å². The number of halogens is 3. The van der Waals surface area contributed by atoms with Gasteiger partial charge in [-0.25, -0.2) is 0 Å². The summed E-state index contributed by atoms with van der Waals surface area (Å²) in [7, 11) is -3.81. The number of hydrogen-bond donors (Lipinski definition) is 1. The standard InChI is InChI=1S/C14H11Cl3N2O2S/c1-9-5-7-10(8-6-9)22(20,21)19-18-14(17)13-11(15)3-2-4-12(13)16/h2-8,19H,1H3. The Bertz CT molecular complexity index is 798. The molecular weight excluding hydrogens is 367 g/mol. The summed E-state index contributed by atoms with van der Waals surface area (Å²) in [6.45, 7) is 1.86. The fraction of sp³-hybridized carbons (Fsp3) is 0.0714. The van der Waals surface area contributed by atoms with Crippen LogP contribution in [-0.4, -0.2) is 13.6 Å². The molecule has 4 nitrogen and oxygen atoms in total.